The first-order valence-electron chi connectivity index (χ1n) is 6.44. The maximum absolute atomic E-state index is 6.06. The van der Waals surface area contributed by atoms with E-state index in [1.807, 2.05) is 11.4 Å². The summed E-state index contributed by atoms with van der Waals surface area (Å²) in [4.78, 5) is 11.8. The summed E-state index contributed by atoms with van der Waals surface area (Å²) in [6.07, 6.45) is 0. The molecule has 0 atom stereocenters. The Morgan fingerprint density at radius 3 is 2.85 bits per heavy atom. The van der Waals surface area contributed by atoms with Crippen LogP contribution in [0.15, 0.2) is 35.7 Å². The van der Waals surface area contributed by atoms with Crippen molar-refractivity contribution in [2.24, 2.45) is 0 Å². The van der Waals surface area contributed by atoms with E-state index in [-0.39, 0.29) is 0 Å². The zero-order chi connectivity index (χ0) is 14.1. The summed E-state index contributed by atoms with van der Waals surface area (Å²) in [6.45, 7) is 5.02. The highest BCUT2D eigenvalue weighted by Gasteiger charge is 2.15. The fourth-order valence-electron chi connectivity index (χ4n) is 2.27. The maximum atomic E-state index is 6.06. The predicted molar refractivity (Wildman–Crippen MR) is 86.3 cm³/mol. The third kappa shape index (κ3) is 2.37. The molecule has 2 aromatic heterocycles. The van der Waals surface area contributed by atoms with Crippen LogP contribution in [-0.2, 0) is 0 Å². The topological polar surface area (TPSA) is 29.0 Å². The number of rotatable bonds is 3. The van der Waals surface area contributed by atoms with E-state index in [0.29, 0.717) is 5.28 Å². The normalized spacial score (nSPS) is 10.9. The van der Waals surface area contributed by atoms with Gasteiger partial charge in [0, 0.05) is 12.2 Å². The zero-order valence-electron chi connectivity index (χ0n) is 11.3. The van der Waals surface area contributed by atoms with Gasteiger partial charge in [0.15, 0.2) is 0 Å². The molecule has 1 aromatic carbocycles. The highest BCUT2D eigenvalue weighted by molar-refractivity contribution is 7.16. The van der Waals surface area contributed by atoms with Gasteiger partial charge in [-0.05, 0) is 54.6 Å². The Bertz CT molecular complexity index is 754. The average Bonchev–Trinajstić information content (AvgIpc) is 2.87. The van der Waals surface area contributed by atoms with Crippen molar-refractivity contribution in [2.45, 2.75) is 13.8 Å². The smallest absolute Gasteiger partial charge is 0.225 e. The van der Waals surface area contributed by atoms with Crippen molar-refractivity contribution in [2.75, 3.05) is 11.4 Å². The summed E-state index contributed by atoms with van der Waals surface area (Å²) in [5, 5.41) is 3.35. The number of benzene rings is 1. The van der Waals surface area contributed by atoms with Crippen LogP contribution in [0.4, 0.5) is 11.5 Å². The van der Waals surface area contributed by atoms with E-state index >= 15 is 0 Å². The lowest BCUT2D eigenvalue weighted by molar-refractivity contribution is 0.990. The van der Waals surface area contributed by atoms with E-state index in [4.69, 9.17) is 11.6 Å². The lowest BCUT2D eigenvalue weighted by Crippen LogP contribution is -2.18. The number of thiophene rings is 1. The van der Waals surface area contributed by atoms with Crippen LogP contribution in [0, 0.1) is 6.92 Å². The lowest BCUT2D eigenvalue weighted by Gasteiger charge is -2.23. The Morgan fingerprint density at radius 1 is 1.25 bits per heavy atom. The van der Waals surface area contributed by atoms with Gasteiger partial charge in [-0.1, -0.05) is 12.1 Å². The molecule has 0 aliphatic heterocycles. The Balaban J connectivity index is 2.18. The van der Waals surface area contributed by atoms with Gasteiger partial charge in [-0.25, -0.2) is 4.98 Å². The maximum Gasteiger partial charge on any atom is 0.225 e. The van der Waals surface area contributed by atoms with E-state index in [1.54, 1.807) is 11.3 Å². The minimum atomic E-state index is 0.293. The Kier molecular flexibility index (Phi) is 3.59. The summed E-state index contributed by atoms with van der Waals surface area (Å²) in [5.41, 5.74) is 2.34. The molecule has 0 aliphatic rings. The van der Waals surface area contributed by atoms with Gasteiger partial charge in [0.1, 0.15) is 10.6 Å². The number of fused-ring (bicyclic) bond motifs is 1. The number of aryl methyl sites for hydroxylation is 1. The third-order valence-electron chi connectivity index (χ3n) is 3.16. The standard InChI is InChI=1S/C15H14ClN3S/c1-3-19(11-6-4-5-10(2)9-11)13-12-7-8-20-14(12)18-15(16)17-13/h4-9H,3H2,1-2H3. The molecule has 0 fully saturated rings. The van der Waals surface area contributed by atoms with E-state index in [1.165, 1.54) is 5.56 Å². The highest BCUT2D eigenvalue weighted by Crippen LogP contribution is 2.33. The molecular weight excluding hydrogens is 290 g/mol. The van der Waals surface area contributed by atoms with Crippen LogP contribution < -0.4 is 4.90 Å². The van der Waals surface area contributed by atoms with Crippen LogP contribution in [0.5, 0.6) is 0 Å². The van der Waals surface area contributed by atoms with Gasteiger partial charge in [0.05, 0.1) is 5.39 Å². The molecule has 0 amide bonds. The molecule has 102 valence electrons. The molecule has 2 heterocycles. The molecule has 0 N–H and O–H groups in total. The van der Waals surface area contributed by atoms with Crippen LogP contribution >= 0.6 is 22.9 Å². The van der Waals surface area contributed by atoms with Crippen molar-refractivity contribution < 1.29 is 0 Å². The Hall–Kier alpha value is -1.65. The largest absolute Gasteiger partial charge is 0.326 e. The molecule has 0 saturated carbocycles. The van der Waals surface area contributed by atoms with Crippen LogP contribution in [0.3, 0.4) is 0 Å². The van der Waals surface area contributed by atoms with Gasteiger partial charge in [-0.2, -0.15) is 4.98 Å². The molecule has 5 heteroatoms. The van der Waals surface area contributed by atoms with Crippen molar-refractivity contribution in [1.29, 1.82) is 0 Å². The number of anilines is 2. The molecule has 0 radical (unpaired) electrons. The molecule has 0 aliphatic carbocycles. The molecule has 0 saturated heterocycles. The second-order valence-electron chi connectivity index (χ2n) is 4.54. The molecule has 0 unspecified atom stereocenters. The molecular formula is C15H14ClN3S. The number of hydrogen-bond acceptors (Lipinski definition) is 4. The van der Waals surface area contributed by atoms with Gasteiger partial charge >= 0.3 is 0 Å². The average molecular weight is 304 g/mol. The number of aromatic nitrogens is 2. The van der Waals surface area contributed by atoms with E-state index in [9.17, 15) is 0 Å². The molecule has 0 spiro atoms. The van der Waals surface area contributed by atoms with E-state index in [0.717, 1.165) is 28.3 Å². The SMILES string of the molecule is CCN(c1cccc(C)c1)c1nc(Cl)nc2sccc12. The predicted octanol–water partition coefficient (Wildman–Crippen LogP) is 4.81. The molecule has 3 nitrogen and oxygen atoms in total. The first-order chi connectivity index (χ1) is 9.69. The Labute approximate surface area is 126 Å². The van der Waals surface area contributed by atoms with Crippen molar-refractivity contribution in [3.8, 4) is 0 Å². The van der Waals surface area contributed by atoms with Gasteiger partial charge < -0.3 is 4.90 Å². The third-order valence-corrected chi connectivity index (χ3v) is 4.14. The molecule has 3 rings (SSSR count). The Morgan fingerprint density at radius 2 is 2.10 bits per heavy atom. The van der Waals surface area contributed by atoms with E-state index < -0.39 is 0 Å². The second kappa shape index (κ2) is 5.38. The van der Waals surface area contributed by atoms with Crippen molar-refractivity contribution >= 4 is 44.7 Å². The minimum Gasteiger partial charge on any atom is -0.326 e. The summed E-state index contributed by atoms with van der Waals surface area (Å²) in [6, 6.07) is 10.4. The number of halogens is 1. The molecule has 20 heavy (non-hydrogen) atoms. The second-order valence-corrected chi connectivity index (χ2v) is 5.77. The van der Waals surface area contributed by atoms with Crippen LogP contribution in [0.2, 0.25) is 5.28 Å². The number of hydrogen-bond donors (Lipinski definition) is 0. The van der Waals surface area contributed by atoms with Gasteiger partial charge in [-0.15, -0.1) is 11.3 Å². The van der Waals surface area contributed by atoms with Gasteiger partial charge in [-0.3, -0.25) is 0 Å². The summed E-state index contributed by atoms with van der Waals surface area (Å²) >= 11 is 7.64. The monoisotopic (exact) mass is 303 g/mol. The van der Waals surface area contributed by atoms with Gasteiger partial charge in [0.25, 0.3) is 0 Å². The highest BCUT2D eigenvalue weighted by atomic mass is 35.5. The first kappa shape index (κ1) is 13.3. The lowest BCUT2D eigenvalue weighted by atomic mass is 10.2. The zero-order valence-corrected chi connectivity index (χ0v) is 12.9. The summed E-state index contributed by atoms with van der Waals surface area (Å²) in [5.74, 6) is 0.870. The van der Waals surface area contributed by atoms with E-state index in [2.05, 4.69) is 53.0 Å². The quantitative estimate of drug-likeness (QED) is 0.650. The number of nitrogens with zero attached hydrogens (tertiary/aromatic N) is 3. The van der Waals surface area contributed by atoms with Crippen LogP contribution in [-0.4, -0.2) is 16.5 Å². The minimum absolute atomic E-state index is 0.293. The van der Waals surface area contributed by atoms with Crippen molar-refractivity contribution in [3.63, 3.8) is 0 Å². The van der Waals surface area contributed by atoms with Crippen molar-refractivity contribution in [3.05, 3.63) is 46.6 Å². The van der Waals surface area contributed by atoms with Crippen LogP contribution in [0.1, 0.15) is 12.5 Å². The first-order valence-corrected chi connectivity index (χ1v) is 7.69. The fourth-order valence-corrected chi connectivity index (χ4v) is 3.24. The van der Waals surface area contributed by atoms with Crippen molar-refractivity contribution in [1.82, 2.24) is 9.97 Å². The molecule has 3 aromatic rings. The van der Waals surface area contributed by atoms with Crippen LogP contribution in [0.25, 0.3) is 10.2 Å². The fraction of sp³-hybridized carbons (Fsp3) is 0.200. The van der Waals surface area contributed by atoms with Gasteiger partial charge in [0.2, 0.25) is 5.28 Å². The summed E-state index contributed by atoms with van der Waals surface area (Å²) in [7, 11) is 0. The summed E-state index contributed by atoms with van der Waals surface area (Å²) < 4.78 is 0. The molecule has 0 bridgehead atoms.